The zero-order chi connectivity index (χ0) is 17.2. The van der Waals surface area contributed by atoms with Crippen LogP contribution in [-0.2, 0) is 14.3 Å². The number of hydrogen-bond donors (Lipinski definition) is 3. The molecule has 128 valence electrons. The quantitative estimate of drug-likeness (QED) is 0.457. The largest absolute Gasteiger partial charge is 0.456 e. The van der Waals surface area contributed by atoms with Crippen molar-refractivity contribution in [1.82, 2.24) is 5.32 Å². The Labute approximate surface area is 135 Å². The molecule has 0 aromatic heterocycles. The number of carbonyl (C=O) groups is 2. The minimum absolute atomic E-state index is 0.0626. The van der Waals surface area contributed by atoms with Gasteiger partial charge in [0.25, 0.3) is 0 Å². The zero-order valence-electron chi connectivity index (χ0n) is 13.2. The van der Waals surface area contributed by atoms with Gasteiger partial charge in [0.1, 0.15) is 12.2 Å². The molecule has 0 fully saturated rings. The Hall–Kier alpha value is -2.12. The Morgan fingerprint density at radius 3 is 2.78 bits per heavy atom. The molecule has 1 rings (SSSR count). The number of allylic oxidation sites excluding steroid dienone is 4. The van der Waals surface area contributed by atoms with Crippen LogP contribution in [0.2, 0.25) is 0 Å². The highest BCUT2D eigenvalue weighted by Gasteiger charge is 2.23. The van der Waals surface area contributed by atoms with E-state index in [1.807, 2.05) is 12.2 Å². The number of alkyl carbamates (subject to hydrolysis) is 1. The Morgan fingerprint density at radius 2 is 2.22 bits per heavy atom. The number of amides is 1. The summed E-state index contributed by atoms with van der Waals surface area (Å²) in [6.45, 7) is 4.28. The predicted molar refractivity (Wildman–Crippen MR) is 83.3 cm³/mol. The maximum atomic E-state index is 11.6. The molecule has 1 amide bonds. The molecule has 0 aliphatic heterocycles. The Kier molecular flexibility index (Phi) is 8.07. The van der Waals surface area contributed by atoms with E-state index in [4.69, 9.17) is 14.6 Å². The van der Waals surface area contributed by atoms with Crippen molar-refractivity contribution in [2.24, 2.45) is 0 Å². The highest BCUT2D eigenvalue weighted by atomic mass is 16.6. The van der Waals surface area contributed by atoms with E-state index in [0.717, 1.165) is 18.5 Å². The molecule has 0 spiro atoms. The van der Waals surface area contributed by atoms with Gasteiger partial charge in [0.2, 0.25) is 0 Å². The molecule has 0 aromatic rings. The summed E-state index contributed by atoms with van der Waals surface area (Å²) in [4.78, 5) is 23.1. The summed E-state index contributed by atoms with van der Waals surface area (Å²) in [7, 11) is 0. The van der Waals surface area contributed by atoms with E-state index in [-0.39, 0.29) is 18.6 Å². The van der Waals surface area contributed by atoms with Crippen molar-refractivity contribution < 1.29 is 29.3 Å². The van der Waals surface area contributed by atoms with Crippen molar-refractivity contribution in [2.45, 2.75) is 38.4 Å². The van der Waals surface area contributed by atoms with Crippen LogP contribution in [0.3, 0.4) is 0 Å². The molecular formula is C16H23NO6. The second-order valence-corrected chi connectivity index (χ2v) is 5.18. The number of aliphatic hydroxyl groups is 2. The summed E-state index contributed by atoms with van der Waals surface area (Å²) >= 11 is 0. The first-order chi connectivity index (χ1) is 10.9. The minimum atomic E-state index is -1.25. The van der Waals surface area contributed by atoms with Crippen LogP contribution in [0.15, 0.2) is 36.1 Å². The van der Waals surface area contributed by atoms with E-state index in [2.05, 4.69) is 11.9 Å². The van der Waals surface area contributed by atoms with Gasteiger partial charge in [0.15, 0.2) is 0 Å². The first-order valence-electron chi connectivity index (χ1n) is 7.39. The van der Waals surface area contributed by atoms with Gasteiger partial charge in [-0.15, -0.1) is 0 Å². The van der Waals surface area contributed by atoms with Crippen LogP contribution in [-0.4, -0.2) is 47.7 Å². The van der Waals surface area contributed by atoms with Gasteiger partial charge in [-0.05, 0) is 25.8 Å². The smallest absolute Gasteiger partial charge is 0.411 e. The van der Waals surface area contributed by atoms with Gasteiger partial charge in [-0.1, -0.05) is 18.7 Å². The summed E-state index contributed by atoms with van der Waals surface area (Å²) < 4.78 is 10.0. The van der Waals surface area contributed by atoms with Gasteiger partial charge in [0, 0.05) is 17.7 Å². The highest BCUT2D eigenvalue weighted by Crippen LogP contribution is 2.10. The standard InChI is InChI=1S/C16H23NO6/c1-11(2)15(20)23-14(13(19)10-18)8-9-22-16(21)17-12-6-4-3-5-7-12/h3-4,6,13-14,18-19H,1,5,7-10H2,2H3,(H,17,21). The molecule has 2 atom stereocenters. The van der Waals surface area contributed by atoms with Crippen LogP contribution >= 0.6 is 0 Å². The van der Waals surface area contributed by atoms with Gasteiger partial charge in [-0.25, -0.2) is 9.59 Å². The number of esters is 1. The Balaban J connectivity index is 2.40. The van der Waals surface area contributed by atoms with Crippen LogP contribution in [0.25, 0.3) is 0 Å². The number of carbonyl (C=O) groups excluding carboxylic acids is 2. The molecule has 0 heterocycles. The van der Waals surface area contributed by atoms with E-state index in [9.17, 15) is 14.7 Å². The van der Waals surface area contributed by atoms with Gasteiger partial charge < -0.3 is 19.7 Å². The molecule has 7 heteroatoms. The van der Waals surface area contributed by atoms with Crippen molar-refractivity contribution in [3.8, 4) is 0 Å². The molecule has 0 radical (unpaired) electrons. The lowest BCUT2D eigenvalue weighted by Crippen LogP contribution is -2.36. The predicted octanol–water partition coefficient (Wildman–Crippen LogP) is 1.18. The number of aliphatic hydroxyl groups excluding tert-OH is 2. The first kappa shape index (κ1) is 18.9. The monoisotopic (exact) mass is 325 g/mol. The molecule has 0 saturated heterocycles. The first-order valence-corrected chi connectivity index (χ1v) is 7.39. The lowest BCUT2D eigenvalue weighted by Gasteiger charge is -2.22. The summed E-state index contributed by atoms with van der Waals surface area (Å²) in [5, 5.41) is 21.2. The maximum Gasteiger partial charge on any atom is 0.411 e. The van der Waals surface area contributed by atoms with Crippen molar-refractivity contribution in [2.75, 3.05) is 13.2 Å². The van der Waals surface area contributed by atoms with Crippen molar-refractivity contribution in [3.05, 3.63) is 36.1 Å². The van der Waals surface area contributed by atoms with Gasteiger partial charge in [-0.3, -0.25) is 5.32 Å². The molecule has 0 saturated carbocycles. The summed E-state index contributed by atoms with van der Waals surface area (Å²) in [6, 6.07) is 0. The fraction of sp³-hybridized carbons (Fsp3) is 0.500. The van der Waals surface area contributed by atoms with Crippen LogP contribution in [0.5, 0.6) is 0 Å². The summed E-state index contributed by atoms with van der Waals surface area (Å²) in [5.41, 5.74) is 0.939. The third-order valence-corrected chi connectivity index (χ3v) is 3.14. The lowest BCUT2D eigenvalue weighted by molar-refractivity contribution is -0.152. The molecule has 1 aliphatic rings. The molecule has 2 unspecified atom stereocenters. The number of rotatable bonds is 8. The van der Waals surface area contributed by atoms with Crippen molar-refractivity contribution in [1.29, 1.82) is 0 Å². The van der Waals surface area contributed by atoms with Crippen LogP contribution in [0.4, 0.5) is 4.79 Å². The van der Waals surface area contributed by atoms with Gasteiger partial charge in [-0.2, -0.15) is 0 Å². The molecule has 23 heavy (non-hydrogen) atoms. The lowest BCUT2D eigenvalue weighted by atomic mass is 10.1. The van der Waals surface area contributed by atoms with Crippen LogP contribution in [0.1, 0.15) is 26.2 Å². The molecule has 7 nitrogen and oxygen atoms in total. The van der Waals surface area contributed by atoms with E-state index in [0.29, 0.717) is 0 Å². The Morgan fingerprint density at radius 1 is 1.48 bits per heavy atom. The van der Waals surface area contributed by atoms with Crippen molar-refractivity contribution >= 4 is 12.1 Å². The summed E-state index contributed by atoms with van der Waals surface area (Å²) in [5.74, 6) is -0.675. The fourth-order valence-corrected chi connectivity index (χ4v) is 1.83. The molecular weight excluding hydrogens is 302 g/mol. The molecule has 1 aliphatic carbocycles. The molecule has 0 bridgehead atoms. The van der Waals surface area contributed by atoms with E-state index >= 15 is 0 Å². The second-order valence-electron chi connectivity index (χ2n) is 5.18. The SMILES string of the molecule is C=C(C)C(=O)OC(CCOC(=O)NC1=CC=CCC1)C(O)CO. The van der Waals surface area contributed by atoms with Gasteiger partial charge in [0.05, 0.1) is 13.2 Å². The van der Waals surface area contributed by atoms with Crippen LogP contribution in [0, 0.1) is 0 Å². The van der Waals surface area contributed by atoms with Gasteiger partial charge >= 0.3 is 12.1 Å². The third-order valence-electron chi connectivity index (χ3n) is 3.14. The fourth-order valence-electron chi connectivity index (χ4n) is 1.83. The Bertz CT molecular complexity index is 497. The number of ether oxygens (including phenoxy) is 2. The molecule has 0 aromatic carbocycles. The average Bonchev–Trinajstić information content (AvgIpc) is 2.53. The van der Waals surface area contributed by atoms with Crippen molar-refractivity contribution in [3.63, 3.8) is 0 Å². The number of hydrogen-bond acceptors (Lipinski definition) is 6. The summed E-state index contributed by atoms with van der Waals surface area (Å²) in [6.07, 6.45) is 4.43. The zero-order valence-corrected chi connectivity index (χ0v) is 13.2. The number of nitrogens with one attached hydrogen (secondary N) is 1. The van der Waals surface area contributed by atoms with E-state index in [1.165, 1.54) is 6.92 Å². The second kappa shape index (κ2) is 9.81. The average molecular weight is 325 g/mol. The topological polar surface area (TPSA) is 105 Å². The van der Waals surface area contributed by atoms with E-state index in [1.54, 1.807) is 6.08 Å². The highest BCUT2D eigenvalue weighted by molar-refractivity contribution is 5.87. The minimum Gasteiger partial charge on any atom is -0.456 e. The third kappa shape index (κ3) is 7.12. The maximum absolute atomic E-state index is 11.6. The van der Waals surface area contributed by atoms with Crippen LogP contribution < -0.4 is 5.32 Å². The normalized spacial score (nSPS) is 16.0. The van der Waals surface area contributed by atoms with E-state index < -0.39 is 30.9 Å². The molecule has 3 N–H and O–H groups in total.